The van der Waals surface area contributed by atoms with Gasteiger partial charge < -0.3 is 10.3 Å². The molecule has 0 spiro atoms. The Morgan fingerprint density at radius 3 is 2.25 bits per heavy atom. The molecule has 1 aromatic heterocycles. The molecule has 0 aliphatic carbocycles. The van der Waals surface area contributed by atoms with Crippen LogP contribution in [0.1, 0.15) is 10.4 Å². The molecule has 140 valence electrons. The molecule has 1 heterocycles. The third-order valence-electron chi connectivity index (χ3n) is 4.06. The average molecular weight is 451 g/mol. The zero-order valence-corrected chi connectivity index (χ0v) is 17.1. The van der Waals surface area contributed by atoms with Gasteiger partial charge in [-0.1, -0.05) is 52.5 Å². The van der Waals surface area contributed by atoms with Gasteiger partial charge in [-0.05, 0) is 48.5 Å². The van der Waals surface area contributed by atoms with Gasteiger partial charge in [0.2, 0.25) is 0 Å². The number of rotatable bonds is 3. The molecule has 0 unspecified atom stereocenters. The molecule has 0 aliphatic rings. The van der Waals surface area contributed by atoms with Crippen molar-refractivity contribution in [3.63, 3.8) is 0 Å². The number of anilines is 1. The van der Waals surface area contributed by atoms with E-state index in [2.05, 4.69) is 15.3 Å². The van der Waals surface area contributed by atoms with Crippen LogP contribution in [0.3, 0.4) is 0 Å². The predicted octanol–water partition coefficient (Wildman–Crippen LogP) is 7.10. The number of aromatic nitrogens is 2. The molecule has 0 saturated heterocycles. The molecule has 2 N–H and O–H groups in total. The van der Waals surface area contributed by atoms with Crippen molar-refractivity contribution < 1.29 is 4.79 Å². The number of aromatic amines is 1. The number of imidazole rings is 1. The van der Waals surface area contributed by atoms with Gasteiger partial charge in [0.05, 0.1) is 26.6 Å². The molecule has 0 atom stereocenters. The zero-order valence-electron chi connectivity index (χ0n) is 14.1. The Hall–Kier alpha value is -2.24. The number of benzene rings is 3. The maximum absolute atomic E-state index is 12.6. The van der Waals surface area contributed by atoms with E-state index in [-0.39, 0.29) is 5.91 Å². The van der Waals surface area contributed by atoms with Crippen molar-refractivity contribution in [2.45, 2.75) is 0 Å². The summed E-state index contributed by atoms with van der Waals surface area (Å²) < 4.78 is 0. The summed E-state index contributed by atoms with van der Waals surface area (Å²) in [5.41, 5.74) is 2.94. The second-order valence-electron chi connectivity index (χ2n) is 6.03. The first-order valence-corrected chi connectivity index (χ1v) is 9.63. The van der Waals surface area contributed by atoms with Gasteiger partial charge in [-0.2, -0.15) is 0 Å². The highest BCUT2D eigenvalue weighted by Crippen LogP contribution is 2.34. The zero-order chi connectivity index (χ0) is 19.8. The summed E-state index contributed by atoms with van der Waals surface area (Å²) in [5.74, 6) is 0.233. The van der Waals surface area contributed by atoms with Crippen LogP contribution in [0.25, 0.3) is 22.4 Å². The Balaban J connectivity index is 1.67. The van der Waals surface area contributed by atoms with Crippen LogP contribution < -0.4 is 5.32 Å². The minimum absolute atomic E-state index is 0.299. The fourth-order valence-corrected chi connectivity index (χ4v) is 3.93. The van der Waals surface area contributed by atoms with Gasteiger partial charge in [-0.15, -0.1) is 0 Å². The Morgan fingerprint density at radius 2 is 1.57 bits per heavy atom. The van der Waals surface area contributed by atoms with E-state index in [1.165, 1.54) is 0 Å². The van der Waals surface area contributed by atoms with Gasteiger partial charge in [0, 0.05) is 21.3 Å². The first-order chi connectivity index (χ1) is 13.4. The monoisotopic (exact) mass is 449 g/mol. The van der Waals surface area contributed by atoms with Crippen molar-refractivity contribution in [3.8, 4) is 11.4 Å². The maximum Gasteiger partial charge on any atom is 0.255 e. The second-order valence-corrected chi connectivity index (χ2v) is 7.71. The van der Waals surface area contributed by atoms with E-state index in [0.717, 1.165) is 0 Å². The van der Waals surface area contributed by atoms with Gasteiger partial charge in [-0.25, -0.2) is 4.98 Å². The molecule has 0 aliphatic heterocycles. The van der Waals surface area contributed by atoms with E-state index in [0.29, 0.717) is 53.8 Å². The Bertz CT molecular complexity index is 1180. The van der Waals surface area contributed by atoms with E-state index in [1.54, 1.807) is 54.6 Å². The Kier molecular flexibility index (Phi) is 5.21. The third kappa shape index (κ3) is 3.82. The molecule has 28 heavy (non-hydrogen) atoms. The minimum atomic E-state index is -0.299. The highest BCUT2D eigenvalue weighted by atomic mass is 35.5. The number of halogens is 4. The lowest BCUT2D eigenvalue weighted by Crippen LogP contribution is -2.11. The van der Waals surface area contributed by atoms with E-state index in [4.69, 9.17) is 46.4 Å². The van der Waals surface area contributed by atoms with Crippen molar-refractivity contribution in [1.29, 1.82) is 0 Å². The van der Waals surface area contributed by atoms with Crippen molar-refractivity contribution in [1.82, 2.24) is 9.97 Å². The molecule has 4 nitrogen and oxygen atoms in total. The smallest absolute Gasteiger partial charge is 0.255 e. The van der Waals surface area contributed by atoms with Crippen molar-refractivity contribution in [2.24, 2.45) is 0 Å². The quantitative estimate of drug-likeness (QED) is 0.349. The summed E-state index contributed by atoms with van der Waals surface area (Å²) in [6.45, 7) is 0. The molecular weight excluding hydrogens is 440 g/mol. The molecular formula is C20H11Cl4N3O. The number of hydrogen-bond acceptors (Lipinski definition) is 2. The van der Waals surface area contributed by atoms with Crippen molar-refractivity contribution in [2.75, 3.05) is 5.32 Å². The van der Waals surface area contributed by atoms with Crippen LogP contribution >= 0.6 is 46.4 Å². The molecule has 0 fully saturated rings. The second kappa shape index (κ2) is 7.64. The summed E-state index contributed by atoms with van der Waals surface area (Å²) >= 11 is 24.5. The molecule has 4 rings (SSSR count). The van der Waals surface area contributed by atoms with Crippen LogP contribution in [0.15, 0.2) is 54.6 Å². The van der Waals surface area contributed by atoms with Gasteiger partial charge in [0.15, 0.2) is 0 Å². The normalized spacial score (nSPS) is 11.0. The third-order valence-corrected chi connectivity index (χ3v) is 5.13. The van der Waals surface area contributed by atoms with Gasteiger partial charge in [0.25, 0.3) is 5.91 Å². The first kappa shape index (κ1) is 19.1. The lowest BCUT2D eigenvalue weighted by Gasteiger charge is -2.06. The fourth-order valence-electron chi connectivity index (χ4n) is 2.82. The summed E-state index contributed by atoms with van der Waals surface area (Å²) in [6, 6.07) is 15.2. The first-order valence-electron chi connectivity index (χ1n) is 8.12. The van der Waals surface area contributed by atoms with Crippen LogP contribution in [0.5, 0.6) is 0 Å². The van der Waals surface area contributed by atoms with E-state index < -0.39 is 0 Å². The van der Waals surface area contributed by atoms with Crippen molar-refractivity contribution in [3.05, 3.63) is 80.3 Å². The fraction of sp³-hybridized carbons (Fsp3) is 0. The standard InChI is InChI=1S/C20H11Cl4N3O/c21-11-7-12(22)9-13(8-11)25-20(28)10-4-5-16-17(6-10)27-19(26-16)18-14(23)2-1-3-15(18)24/h1-9H,(H,25,28)(H,26,27). The van der Waals surface area contributed by atoms with Crippen LogP contribution in [0.2, 0.25) is 20.1 Å². The SMILES string of the molecule is O=C(Nc1cc(Cl)cc(Cl)c1)c1ccc2nc(-c3c(Cl)cccc3Cl)[nH]c2c1. The number of carbonyl (C=O) groups excluding carboxylic acids is 1. The summed E-state index contributed by atoms with van der Waals surface area (Å²) in [4.78, 5) is 20.3. The molecule has 8 heteroatoms. The van der Waals surface area contributed by atoms with Crippen LogP contribution in [0, 0.1) is 0 Å². The summed E-state index contributed by atoms with van der Waals surface area (Å²) in [6.07, 6.45) is 0. The molecule has 4 aromatic rings. The number of hydrogen-bond donors (Lipinski definition) is 2. The minimum Gasteiger partial charge on any atom is -0.338 e. The van der Waals surface area contributed by atoms with Crippen LogP contribution in [-0.4, -0.2) is 15.9 Å². The average Bonchev–Trinajstić information content (AvgIpc) is 3.03. The number of fused-ring (bicyclic) bond motifs is 1. The topological polar surface area (TPSA) is 57.8 Å². The predicted molar refractivity (Wildman–Crippen MR) is 116 cm³/mol. The van der Waals surface area contributed by atoms with E-state index in [9.17, 15) is 4.79 Å². The van der Waals surface area contributed by atoms with Gasteiger partial charge in [-0.3, -0.25) is 4.79 Å². The molecule has 0 saturated carbocycles. The Morgan fingerprint density at radius 1 is 0.893 bits per heavy atom. The number of nitrogens with zero attached hydrogens (tertiary/aromatic N) is 1. The number of carbonyl (C=O) groups is 1. The lowest BCUT2D eigenvalue weighted by atomic mass is 10.2. The summed E-state index contributed by atoms with van der Waals surface area (Å²) in [7, 11) is 0. The van der Waals surface area contributed by atoms with Gasteiger partial charge in [0.1, 0.15) is 5.82 Å². The molecule has 0 bridgehead atoms. The Labute approximate surface area is 180 Å². The van der Waals surface area contributed by atoms with Crippen molar-refractivity contribution >= 4 is 69.0 Å². The van der Waals surface area contributed by atoms with E-state index in [1.807, 2.05) is 0 Å². The molecule has 1 amide bonds. The summed E-state index contributed by atoms with van der Waals surface area (Å²) in [5, 5.41) is 4.63. The lowest BCUT2D eigenvalue weighted by molar-refractivity contribution is 0.102. The van der Waals surface area contributed by atoms with Gasteiger partial charge >= 0.3 is 0 Å². The van der Waals surface area contributed by atoms with E-state index >= 15 is 0 Å². The largest absolute Gasteiger partial charge is 0.338 e. The molecule has 0 radical (unpaired) electrons. The highest BCUT2D eigenvalue weighted by Gasteiger charge is 2.14. The maximum atomic E-state index is 12.6. The number of H-pyrrole nitrogens is 1. The van der Waals surface area contributed by atoms with Crippen LogP contribution in [0.4, 0.5) is 5.69 Å². The number of amides is 1. The highest BCUT2D eigenvalue weighted by molar-refractivity contribution is 6.39. The number of nitrogens with one attached hydrogen (secondary N) is 2. The molecule has 3 aromatic carbocycles. The van der Waals surface area contributed by atoms with Crippen LogP contribution in [-0.2, 0) is 0 Å².